The lowest BCUT2D eigenvalue weighted by molar-refractivity contribution is -0.126. The Morgan fingerprint density at radius 1 is 0.615 bits per heavy atom. The number of carbonyl (C=O) groups is 3. The fourth-order valence-electron chi connectivity index (χ4n) is 6.19. The quantitative estimate of drug-likeness (QED) is 0.0650. The van der Waals surface area contributed by atoms with Gasteiger partial charge in [0.2, 0.25) is 5.91 Å². The van der Waals surface area contributed by atoms with Gasteiger partial charge >= 0.3 is 0 Å². The third kappa shape index (κ3) is 7.86. The molecule has 1 unspecified atom stereocenters. The van der Waals surface area contributed by atoms with E-state index in [1.807, 2.05) is 112 Å². The van der Waals surface area contributed by atoms with E-state index in [4.69, 9.17) is 4.74 Å². The molecule has 0 spiro atoms. The molecule has 0 aliphatic carbocycles. The van der Waals surface area contributed by atoms with Gasteiger partial charge in [-0.3, -0.25) is 24.0 Å². The lowest BCUT2D eigenvalue weighted by Gasteiger charge is -2.35. The van der Waals surface area contributed by atoms with Crippen molar-refractivity contribution in [2.45, 2.75) is 32.4 Å². The molecule has 0 aliphatic heterocycles. The molecule has 0 radical (unpaired) electrons. The number of amides is 2. The Balaban J connectivity index is 1.69. The minimum Gasteiger partial charge on any atom is -0.349 e. The summed E-state index contributed by atoms with van der Waals surface area (Å²) in [6.07, 6.45) is 0. The zero-order valence-electron chi connectivity index (χ0n) is 29.2. The molecule has 2 amide bonds. The van der Waals surface area contributed by atoms with Crippen molar-refractivity contribution in [1.82, 2.24) is 5.32 Å². The summed E-state index contributed by atoms with van der Waals surface area (Å²) in [5.74, 6) is -1.98. The number of ketones is 1. The fourth-order valence-corrected chi connectivity index (χ4v) is 10.4. The summed E-state index contributed by atoms with van der Waals surface area (Å²) < 4.78 is 6.47. The first-order chi connectivity index (χ1) is 25.1. The third-order valence-electron chi connectivity index (χ3n) is 8.44. The summed E-state index contributed by atoms with van der Waals surface area (Å²) in [5.41, 5.74) is 1.05. The number of rotatable bonds is 10. The second-order valence-corrected chi connectivity index (χ2v) is 17.4. The summed E-state index contributed by atoms with van der Waals surface area (Å²) >= 11 is 2.15. The normalized spacial score (nSPS) is 12.0. The van der Waals surface area contributed by atoms with Crippen LogP contribution in [0.1, 0.15) is 42.7 Å². The number of benzene rings is 6. The molecule has 0 saturated heterocycles. The lowest BCUT2D eigenvalue weighted by Crippen LogP contribution is -2.51. The average molecular weight is 816 g/mol. The molecule has 6 aromatic rings. The van der Waals surface area contributed by atoms with Gasteiger partial charge in [-0.25, -0.2) is 0 Å². The fraction of sp³-hybridized carbons (Fsp3) is 0.114. The molecule has 0 bridgehead atoms. The van der Waals surface area contributed by atoms with Crippen LogP contribution in [-0.4, -0.2) is 23.1 Å². The van der Waals surface area contributed by atoms with Crippen molar-refractivity contribution in [2.75, 3.05) is 4.90 Å². The molecule has 0 saturated carbocycles. The van der Waals surface area contributed by atoms with Crippen molar-refractivity contribution in [3.63, 3.8) is 0 Å². The number of Topliss-reactive ketones (excluding diaryl/α,β-unsaturated/α-hetero) is 1. The van der Waals surface area contributed by atoms with Gasteiger partial charge in [0, 0.05) is 36.1 Å². The summed E-state index contributed by atoms with van der Waals surface area (Å²) in [4.78, 5) is 44.9. The van der Waals surface area contributed by atoms with E-state index in [1.165, 1.54) is 4.90 Å². The Morgan fingerprint density at radius 2 is 1.06 bits per heavy atom. The maximum absolute atomic E-state index is 14.8. The summed E-state index contributed by atoms with van der Waals surface area (Å²) in [7, 11) is -2.79. The number of nitrogens with zero attached hydrogens (tertiary/aromatic N) is 2. The highest BCUT2D eigenvalue weighted by atomic mass is 127. The van der Waals surface area contributed by atoms with Gasteiger partial charge < -0.3 is 5.32 Å². The molecule has 8 heteroatoms. The van der Waals surface area contributed by atoms with E-state index in [1.54, 1.807) is 42.5 Å². The molecule has 0 aromatic heterocycles. The summed E-state index contributed by atoms with van der Waals surface area (Å²) in [6, 6.07) is 52.6. The zero-order valence-corrected chi connectivity index (χ0v) is 32.2. The number of hydrogen-bond donors (Lipinski definition) is 1. The highest BCUT2D eigenvalue weighted by molar-refractivity contribution is 14.1. The van der Waals surface area contributed by atoms with E-state index in [2.05, 4.69) is 64.3 Å². The van der Waals surface area contributed by atoms with Crippen molar-refractivity contribution in [1.29, 1.82) is 0 Å². The molecule has 1 atom stereocenters. The van der Waals surface area contributed by atoms with E-state index >= 15 is 0 Å². The molecule has 6 aromatic carbocycles. The first-order valence-corrected chi connectivity index (χ1v) is 19.8. The van der Waals surface area contributed by atoms with Gasteiger partial charge in [-0.2, -0.15) is 0 Å². The number of halogens is 1. The van der Waals surface area contributed by atoms with Gasteiger partial charge in [-0.05, 0) is 61.6 Å². The molecule has 260 valence electrons. The minimum absolute atomic E-state index is 0.235. The van der Waals surface area contributed by atoms with Crippen molar-refractivity contribution >= 4 is 74.5 Å². The van der Waals surface area contributed by atoms with Crippen molar-refractivity contribution in [3.05, 3.63) is 185 Å². The Labute approximate surface area is 319 Å². The Kier molecular flexibility index (Phi) is 11.3. The van der Waals surface area contributed by atoms with Crippen LogP contribution in [0.2, 0.25) is 0 Å². The molecule has 0 heterocycles. The third-order valence-corrected chi connectivity index (χ3v) is 13.0. The summed E-state index contributed by atoms with van der Waals surface area (Å²) in [5, 5.41) is 6.22. The monoisotopic (exact) mass is 815 g/mol. The Morgan fingerprint density at radius 3 is 1.56 bits per heavy atom. The highest BCUT2D eigenvalue weighted by Gasteiger charge is 2.40. The van der Waals surface area contributed by atoms with Crippen LogP contribution in [0.3, 0.4) is 0 Å². The predicted molar refractivity (Wildman–Crippen MR) is 222 cm³/mol. The number of para-hydroxylation sites is 1. The topological polar surface area (TPSA) is 78.8 Å². The van der Waals surface area contributed by atoms with Crippen molar-refractivity contribution < 1.29 is 14.4 Å². The lowest BCUT2D eigenvalue weighted by atomic mass is 9.98. The number of hydrogen-bond acceptors (Lipinski definition) is 4. The largest absolute Gasteiger partial charge is 0.349 e. The average Bonchev–Trinajstić information content (AvgIpc) is 3.17. The first-order valence-electron chi connectivity index (χ1n) is 17.0. The highest BCUT2D eigenvalue weighted by Crippen LogP contribution is 2.51. The second kappa shape index (κ2) is 16.1. The number of anilines is 1. The minimum atomic E-state index is -2.79. The van der Waals surface area contributed by atoms with E-state index < -0.39 is 36.2 Å². The van der Waals surface area contributed by atoms with E-state index in [9.17, 15) is 14.4 Å². The summed E-state index contributed by atoms with van der Waals surface area (Å²) in [6.45, 7) is 5.67. The van der Waals surface area contributed by atoms with Gasteiger partial charge in [-0.1, -0.05) is 152 Å². The molecule has 0 fully saturated rings. The van der Waals surface area contributed by atoms with E-state index in [0.717, 1.165) is 15.9 Å². The van der Waals surface area contributed by atoms with Gasteiger partial charge in [0.15, 0.2) is 0 Å². The molecular formula is C44H39IN3O3P. The van der Waals surface area contributed by atoms with Crippen LogP contribution >= 0.6 is 29.6 Å². The standard InChI is InChI=1S/C44H39IN3O3P/c1-44(2,3)46-42(50)40(48(39-31-19-17-29-37(39)45)43(51)41(49)32-20-8-4-9-21-32)36-28-16-18-30-38(36)47-52(33-22-10-5-11-23-33,34-24-12-6-13-25-34)35-26-14-7-15-27-35/h4-31,40H,1-3H3,(H,46,50). The van der Waals surface area contributed by atoms with Crippen LogP contribution in [0.25, 0.3) is 0 Å². The Bertz CT molecular complexity index is 2140. The van der Waals surface area contributed by atoms with Crippen LogP contribution < -0.4 is 26.1 Å². The SMILES string of the molecule is CC(C)(C)NC(=O)C(c1ccccc1N=P(c1ccccc1)(c1ccccc1)c1ccccc1)N(C(=O)C(=O)c1ccccc1)c1ccccc1I. The van der Waals surface area contributed by atoms with E-state index in [0.29, 0.717) is 20.5 Å². The van der Waals surface area contributed by atoms with Crippen LogP contribution in [0.4, 0.5) is 11.4 Å². The maximum Gasteiger partial charge on any atom is 0.300 e. The maximum atomic E-state index is 14.8. The van der Waals surface area contributed by atoms with Gasteiger partial charge in [0.05, 0.1) is 18.4 Å². The molecule has 52 heavy (non-hydrogen) atoms. The van der Waals surface area contributed by atoms with Crippen LogP contribution in [-0.2, 0) is 9.59 Å². The molecule has 1 N–H and O–H groups in total. The smallest absolute Gasteiger partial charge is 0.300 e. The number of nitrogens with one attached hydrogen (secondary N) is 1. The van der Waals surface area contributed by atoms with Crippen molar-refractivity contribution in [2.24, 2.45) is 4.74 Å². The second-order valence-electron chi connectivity index (χ2n) is 13.3. The first kappa shape index (κ1) is 36.7. The van der Waals surface area contributed by atoms with E-state index in [-0.39, 0.29) is 5.56 Å². The van der Waals surface area contributed by atoms with Gasteiger partial charge in [0.25, 0.3) is 11.7 Å². The van der Waals surface area contributed by atoms with Gasteiger partial charge in [0.1, 0.15) is 6.04 Å². The van der Waals surface area contributed by atoms with Crippen LogP contribution in [0.5, 0.6) is 0 Å². The molecule has 6 rings (SSSR count). The number of carbonyl (C=O) groups excluding carboxylic acids is 3. The zero-order chi connectivity index (χ0) is 36.7. The molecular weight excluding hydrogens is 776 g/mol. The predicted octanol–water partition coefficient (Wildman–Crippen LogP) is 8.97. The molecule has 6 nitrogen and oxygen atoms in total. The van der Waals surface area contributed by atoms with Crippen LogP contribution in [0, 0.1) is 3.57 Å². The Hall–Kier alpha value is -5.11. The molecule has 0 aliphatic rings. The van der Waals surface area contributed by atoms with Crippen molar-refractivity contribution in [3.8, 4) is 0 Å². The van der Waals surface area contributed by atoms with Gasteiger partial charge in [-0.15, -0.1) is 0 Å². The van der Waals surface area contributed by atoms with Crippen LogP contribution in [0.15, 0.2) is 175 Å².